The molecule has 0 unspecified atom stereocenters. The van der Waals surface area contributed by atoms with Crippen LogP contribution in [0.3, 0.4) is 0 Å². The molecule has 0 aromatic heterocycles. The Kier molecular flexibility index (Phi) is 4.50. The molecule has 4 N–H and O–H groups in total. The Balaban J connectivity index is 1.70. The number of nitrogen functional groups attached to an aromatic ring is 2. The molecule has 3 nitrogen and oxygen atoms in total. The molecule has 4 aromatic rings. The van der Waals surface area contributed by atoms with Gasteiger partial charge in [-0.2, -0.15) is 0 Å². The SMILES string of the molecule is Nc1ccc(-c2ccccc2)cc1Oc1cc(-c2ccccc2)ccc1N. The van der Waals surface area contributed by atoms with Crippen molar-refractivity contribution in [1.82, 2.24) is 0 Å². The summed E-state index contributed by atoms with van der Waals surface area (Å²) >= 11 is 0. The van der Waals surface area contributed by atoms with Gasteiger partial charge in [-0.15, -0.1) is 0 Å². The fraction of sp³-hybridized carbons (Fsp3) is 0. The molecule has 0 aliphatic heterocycles. The van der Waals surface area contributed by atoms with Gasteiger partial charge in [-0.05, 0) is 46.5 Å². The van der Waals surface area contributed by atoms with E-state index in [9.17, 15) is 0 Å². The number of rotatable bonds is 4. The molecular formula is C24H20N2O. The minimum Gasteiger partial charge on any atom is -0.453 e. The molecule has 0 saturated carbocycles. The first kappa shape index (κ1) is 16.7. The molecular weight excluding hydrogens is 332 g/mol. The van der Waals surface area contributed by atoms with Gasteiger partial charge >= 0.3 is 0 Å². The summed E-state index contributed by atoms with van der Waals surface area (Å²) in [6.45, 7) is 0. The first-order chi connectivity index (χ1) is 13.2. The standard InChI is InChI=1S/C24H20N2O/c25-21-13-11-19(17-7-3-1-4-8-17)15-23(21)27-24-16-20(12-14-22(24)26)18-9-5-2-6-10-18/h1-16H,25-26H2. The molecule has 0 amide bonds. The van der Waals surface area contributed by atoms with Gasteiger partial charge in [0.15, 0.2) is 11.5 Å². The predicted molar refractivity (Wildman–Crippen MR) is 113 cm³/mol. The van der Waals surface area contributed by atoms with Gasteiger partial charge in [0.2, 0.25) is 0 Å². The second-order valence-corrected chi connectivity index (χ2v) is 6.34. The van der Waals surface area contributed by atoms with Crippen LogP contribution in [0.1, 0.15) is 0 Å². The van der Waals surface area contributed by atoms with E-state index >= 15 is 0 Å². The van der Waals surface area contributed by atoms with E-state index in [1.54, 1.807) is 0 Å². The average Bonchev–Trinajstić information content (AvgIpc) is 2.72. The van der Waals surface area contributed by atoms with Crippen LogP contribution in [-0.4, -0.2) is 0 Å². The lowest BCUT2D eigenvalue weighted by atomic mass is 10.0. The van der Waals surface area contributed by atoms with Crippen LogP contribution in [0.15, 0.2) is 97.1 Å². The van der Waals surface area contributed by atoms with Crippen LogP contribution < -0.4 is 16.2 Å². The maximum atomic E-state index is 6.15. The van der Waals surface area contributed by atoms with Crippen molar-refractivity contribution in [3.05, 3.63) is 97.1 Å². The summed E-state index contributed by atoms with van der Waals surface area (Å²) in [4.78, 5) is 0. The lowest BCUT2D eigenvalue weighted by molar-refractivity contribution is 0.488. The van der Waals surface area contributed by atoms with E-state index in [0.29, 0.717) is 22.9 Å². The van der Waals surface area contributed by atoms with Crippen molar-refractivity contribution in [2.24, 2.45) is 0 Å². The summed E-state index contributed by atoms with van der Waals surface area (Å²) in [5, 5.41) is 0. The minimum atomic E-state index is 0.569. The number of benzene rings is 4. The maximum absolute atomic E-state index is 6.15. The maximum Gasteiger partial charge on any atom is 0.151 e. The first-order valence-electron chi connectivity index (χ1n) is 8.78. The molecule has 0 fully saturated rings. The van der Waals surface area contributed by atoms with Gasteiger partial charge in [-0.3, -0.25) is 0 Å². The van der Waals surface area contributed by atoms with E-state index in [-0.39, 0.29) is 0 Å². The lowest BCUT2D eigenvalue weighted by Crippen LogP contribution is -1.96. The highest BCUT2D eigenvalue weighted by Gasteiger charge is 2.09. The summed E-state index contributed by atoms with van der Waals surface area (Å²) in [5.41, 5.74) is 17.7. The second kappa shape index (κ2) is 7.26. The van der Waals surface area contributed by atoms with Gasteiger partial charge in [0.25, 0.3) is 0 Å². The van der Waals surface area contributed by atoms with Crippen molar-refractivity contribution in [3.63, 3.8) is 0 Å². The highest BCUT2D eigenvalue weighted by Crippen LogP contribution is 2.36. The van der Waals surface area contributed by atoms with Crippen molar-refractivity contribution >= 4 is 11.4 Å². The molecule has 4 rings (SSSR count). The van der Waals surface area contributed by atoms with Crippen LogP contribution in [0.25, 0.3) is 22.3 Å². The van der Waals surface area contributed by atoms with E-state index < -0.39 is 0 Å². The van der Waals surface area contributed by atoms with Crippen LogP contribution in [-0.2, 0) is 0 Å². The molecule has 0 spiro atoms. The third kappa shape index (κ3) is 3.62. The fourth-order valence-electron chi connectivity index (χ4n) is 2.98. The second-order valence-electron chi connectivity index (χ2n) is 6.34. The number of hydrogen-bond acceptors (Lipinski definition) is 3. The number of hydrogen-bond donors (Lipinski definition) is 2. The normalized spacial score (nSPS) is 10.5. The quantitative estimate of drug-likeness (QED) is 0.444. The van der Waals surface area contributed by atoms with Gasteiger partial charge in [0.1, 0.15) is 0 Å². The smallest absolute Gasteiger partial charge is 0.151 e. The largest absolute Gasteiger partial charge is 0.453 e. The number of ether oxygens (including phenoxy) is 1. The van der Waals surface area contributed by atoms with E-state index in [1.165, 1.54) is 0 Å². The van der Waals surface area contributed by atoms with Gasteiger partial charge in [0, 0.05) is 0 Å². The van der Waals surface area contributed by atoms with E-state index in [4.69, 9.17) is 16.2 Å². The Bertz CT molecular complexity index is 973. The lowest BCUT2D eigenvalue weighted by Gasteiger charge is -2.14. The van der Waals surface area contributed by atoms with Crippen molar-refractivity contribution in [2.75, 3.05) is 11.5 Å². The zero-order chi connectivity index (χ0) is 18.6. The molecule has 0 atom stereocenters. The van der Waals surface area contributed by atoms with Crippen molar-refractivity contribution in [2.45, 2.75) is 0 Å². The van der Waals surface area contributed by atoms with Crippen molar-refractivity contribution < 1.29 is 4.74 Å². The molecule has 0 heterocycles. The fourth-order valence-corrected chi connectivity index (χ4v) is 2.98. The molecule has 3 heteroatoms. The third-order valence-electron chi connectivity index (χ3n) is 4.46. The van der Waals surface area contributed by atoms with Crippen LogP contribution in [0, 0.1) is 0 Å². The zero-order valence-electron chi connectivity index (χ0n) is 14.8. The minimum absolute atomic E-state index is 0.569. The highest BCUT2D eigenvalue weighted by atomic mass is 16.5. The Morgan fingerprint density at radius 3 is 1.26 bits per heavy atom. The first-order valence-corrected chi connectivity index (χ1v) is 8.78. The van der Waals surface area contributed by atoms with Gasteiger partial charge < -0.3 is 16.2 Å². The molecule has 0 bridgehead atoms. The summed E-state index contributed by atoms with van der Waals surface area (Å²) in [6.07, 6.45) is 0. The molecule has 132 valence electrons. The molecule has 0 saturated heterocycles. The van der Waals surface area contributed by atoms with Crippen LogP contribution in [0.2, 0.25) is 0 Å². The van der Waals surface area contributed by atoms with Crippen molar-refractivity contribution in [3.8, 4) is 33.8 Å². The molecule has 27 heavy (non-hydrogen) atoms. The summed E-state index contributed by atoms with van der Waals surface area (Å²) in [7, 11) is 0. The monoisotopic (exact) mass is 352 g/mol. The predicted octanol–water partition coefficient (Wildman–Crippen LogP) is 5.98. The summed E-state index contributed by atoms with van der Waals surface area (Å²) < 4.78 is 6.11. The van der Waals surface area contributed by atoms with Crippen molar-refractivity contribution in [1.29, 1.82) is 0 Å². The van der Waals surface area contributed by atoms with E-state index in [0.717, 1.165) is 22.3 Å². The van der Waals surface area contributed by atoms with Gasteiger partial charge in [0.05, 0.1) is 11.4 Å². The highest BCUT2D eigenvalue weighted by molar-refractivity contribution is 5.73. The van der Waals surface area contributed by atoms with Crippen LogP contribution in [0.5, 0.6) is 11.5 Å². The Labute approximate surface area is 158 Å². The number of nitrogens with two attached hydrogens (primary N) is 2. The van der Waals surface area contributed by atoms with E-state index in [1.807, 2.05) is 72.8 Å². The number of anilines is 2. The Morgan fingerprint density at radius 1 is 0.444 bits per heavy atom. The van der Waals surface area contributed by atoms with Crippen LogP contribution in [0.4, 0.5) is 11.4 Å². The topological polar surface area (TPSA) is 61.3 Å². The molecule has 0 radical (unpaired) electrons. The van der Waals surface area contributed by atoms with E-state index in [2.05, 4.69) is 24.3 Å². The Hall–Kier alpha value is -3.72. The molecule has 0 aliphatic rings. The summed E-state index contributed by atoms with van der Waals surface area (Å²) in [5.74, 6) is 1.18. The van der Waals surface area contributed by atoms with Gasteiger partial charge in [-0.1, -0.05) is 72.8 Å². The Morgan fingerprint density at radius 2 is 0.852 bits per heavy atom. The molecule has 4 aromatic carbocycles. The molecule has 0 aliphatic carbocycles. The van der Waals surface area contributed by atoms with Gasteiger partial charge in [-0.25, -0.2) is 0 Å². The third-order valence-corrected chi connectivity index (χ3v) is 4.46. The van der Waals surface area contributed by atoms with Crippen LogP contribution >= 0.6 is 0 Å². The summed E-state index contributed by atoms with van der Waals surface area (Å²) in [6, 6.07) is 31.8. The zero-order valence-corrected chi connectivity index (χ0v) is 14.8. The average molecular weight is 352 g/mol.